The summed E-state index contributed by atoms with van der Waals surface area (Å²) in [6.45, 7) is 13.5. The number of aryl methyl sites for hydroxylation is 4. The van der Waals surface area contributed by atoms with Gasteiger partial charge in [-0.15, -0.1) is 0 Å². The van der Waals surface area contributed by atoms with Gasteiger partial charge in [0.05, 0.1) is 22.8 Å². The molecule has 0 spiro atoms. The van der Waals surface area contributed by atoms with Crippen LogP contribution < -0.4 is 0 Å². The van der Waals surface area contributed by atoms with Crippen LogP contribution >= 0.6 is 0 Å². The summed E-state index contributed by atoms with van der Waals surface area (Å²) < 4.78 is 0. The summed E-state index contributed by atoms with van der Waals surface area (Å²) in [5.41, 5.74) is 10.3. The zero-order chi connectivity index (χ0) is 26.2. The van der Waals surface area contributed by atoms with Gasteiger partial charge in [-0.05, 0) is 97.9 Å². The molecule has 0 radical (unpaired) electrons. The third-order valence-corrected chi connectivity index (χ3v) is 7.30. The Kier molecular flexibility index (Phi) is 17.6. The van der Waals surface area contributed by atoms with E-state index in [0.29, 0.717) is 0 Å². The van der Waals surface area contributed by atoms with Gasteiger partial charge in [-0.3, -0.25) is 9.98 Å². The first-order chi connectivity index (χ1) is 17.6. The molecule has 2 aromatic rings. The molecule has 0 unspecified atom stereocenters. The van der Waals surface area contributed by atoms with Crippen LogP contribution in [0, 0.1) is 0 Å². The standard InChI is InChI=1S/C34H52N2.Pd/c1-7-13-15-16-17-18-20-34(36-32-24-22-28(10-4)30(12-6)26-32)33(19-14-8-2)35-31-23-21-27(9-3)29(11-5)25-31;/h21-26H,7-20H2,1-6H3;. The molecule has 0 aliphatic rings. The van der Waals surface area contributed by atoms with Gasteiger partial charge in [0.1, 0.15) is 0 Å². The van der Waals surface area contributed by atoms with E-state index in [1.165, 1.54) is 78.6 Å². The van der Waals surface area contributed by atoms with E-state index >= 15 is 0 Å². The maximum Gasteiger partial charge on any atom is 0.0636 e. The minimum Gasteiger partial charge on any atom is -0.252 e. The van der Waals surface area contributed by atoms with Crippen molar-refractivity contribution in [3.05, 3.63) is 58.7 Å². The molecule has 2 aromatic carbocycles. The molecule has 208 valence electrons. The van der Waals surface area contributed by atoms with Crippen molar-refractivity contribution in [1.29, 1.82) is 0 Å². The monoisotopic (exact) mass is 594 g/mol. The second kappa shape index (κ2) is 19.5. The van der Waals surface area contributed by atoms with Crippen molar-refractivity contribution in [2.24, 2.45) is 9.98 Å². The molecule has 3 heteroatoms. The Labute approximate surface area is 242 Å². The Balaban J connectivity index is 0.00000684. The van der Waals surface area contributed by atoms with E-state index in [4.69, 9.17) is 9.98 Å². The van der Waals surface area contributed by atoms with Crippen LogP contribution in [0.25, 0.3) is 0 Å². The predicted octanol–water partition coefficient (Wildman–Crippen LogP) is 10.7. The fourth-order valence-corrected chi connectivity index (χ4v) is 4.97. The fraction of sp³-hybridized carbons (Fsp3) is 0.588. The normalized spacial score (nSPS) is 12.1. The van der Waals surface area contributed by atoms with Gasteiger partial charge in [0.15, 0.2) is 0 Å². The van der Waals surface area contributed by atoms with Crippen LogP contribution in [-0.4, -0.2) is 11.4 Å². The molecule has 0 aliphatic carbocycles. The second-order valence-electron chi connectivity index (χ2n) is 10.1. The Morgan fingerprint density at radius 1 is 0.486 bits per heavy atom. The van der Waals surface area contributed by atoms with Gasteiger partial charge in [0.2, 0.25) is 0 Å². The third-order valence-electron chi connectivity index (χ3n) is 7.30. The van der Waals surface area contributed by atoms with Crippen LogP contribution in [0.4, 0.5) is 11.4 Å². The number of unbranched alkanes of at least 4 members (excludes halogenated alkanes) is 6. The van der Waals surface area contributed by atoms with Crippen molar-refractivity contribution in [1.82, 2.24) is 0 Å². The van der Waals surface area contributed by atoms with E-state index in [0.717, 1.165) is 56.3 Å². The van der Waals surface area contributed by atoms with Crippen molar-refractivity contribution in [3.8, 4) is 0 Å². The Bertz CT molecular complexity index is 974. The van der Waals surface area contributed by atoms with Gasteiger partial charge in [-0.2, -0.15) is 0 Å². The molecule has 0 bridgehead atoms. The van der Waals surface area contributed by atoms with E-state index in [1.54, 1.807) is 0 Å². The molecule has 0 saturated heterocycles. The molecule has 0 N–H and O–H groups in total. The maximum absolute atomic E-state index is 5.29. The second-order valence-corrected chi connectivity index (χ2v) is 10.1. The summed E-state index contributed by atoms with van der Waals surface area (Å²) in [6, 6.07) is 13.6. The van der Waals surface area contributed by atoms with Crippen LogP contribution in [-0.2, 0) is 46.1 Å². The summed E-state index contributed by atoms with van der Waals surface area (Å²) in [4.78, 5) is 10.6. The van der Waals surface area contributed by atoms with Gasteiger partial charge in [-0.1, -0.05) is 92.2 Å². The molecule has 0 aliphatic heterocycles. The first kappa shape index (κ1) is 33.5. The number of aliphatic imine (C=N–C) groups is 2. The molecule has 0 amide bonds. The van der Waals surface area contributed by atoms with Crippen molar-refractivity contribution < 1.29 is 20.4 Å². The fourth-order valence-electron chi connectivity index (χ4n) is 4.97. The molecule has 37 heavy (non-hydrogen) atoms. The maximum atomic E-state index is 5.29. The number of benzene rings is 2. The molecule has 0 aromatic heterocycles. The molecule has 2 rings (SSSR count). The van der Waals surface area contributed by atoms with Crippen LogP contribution in [0.1, 0.15) is 128 Å². The van der Waals surface area contributed by atoms with E-state index in [-0.39, 0.29) is 20.4 Å². The average molecular weight is 595 g/mol. The smallest absolute Gasteiger partial charge is 0.0636 e. The van der Waals surface area contributed by atoms with Gasteiger partial charge in [-0.25, -0.2) is 0 Å². The molecule has 0 heterocycles. The van der Waals surface area contributed by atoms with E-state index in [9.17, 15) is 0 Å². The Morgan fingerprint density at radius 2 is 0.892 bits per heavy atom. The van der Waals surface area contributed by atoms with Crippen molar-refractivity contribution in [3.63, 3.8) is 0 Å². The molecule has 0 atom stereocenters. The molecule has 0 saturated carbocycles. The number of hydrogen-bond donors (Lipinski definition) is 0. The topological polar surface area (TPSA) is 24.7 Å². The SMILES string of the molecule is CCCCCCCCC(=Nc1ccc(CC)c(CC)c1)C(CCCC)=Nc1ccc(CC)c(CC)c1.[Pd]. The number of nitrogens with zero attached hydrogens (tertiary/aromatic N) is 2. The summed E-state index contributed by atoms with van der Waals surface area (Å²) in [6.07, 6.45) is 16.4. The van der Waals surface area contributed by atoms with E-state index in [1.807, 2.05) is 0 Å². The van der Waals surface area contributed by atoms with Crippen molar-refractivity contribution in [2.75, 3.05) is 0 Å². The first-order valence-electron chi connectivity index (χ1n) is 15.0. The van der Waals surface area contributed by atoms with Gasteiger partial charge < -0.3 is 0 Å². The number of hydrogen-bond acceptors (Lipinski definition) is 2. The summed E-state index contributed by atoms with van der Waals surface area (Å²) in [5, 5.41) is 0. The molecule has 2 nitrogen and oxygen atoms in total. The Hall–Kier alpha value is -1.56. The van der Waals surface area contributed by atoms with Crippen LogP contribution in [0.2, 0.25) is 0 Å². The van der Waals surface area contributed by atoms with Crippen molar-refractivity contribution in [2.45, 2.75) is 131 Å². The summed E-state index contributed by atoms with van der Waals surface area (Å²) >= 11 is 0. The van der Waals surface area contributed by atoms with Gasteiger partial charge >= 0.3 is 0 Å². The first-order valence-corrected chi connectivity index (χ1v) is 15.0. The quantitative estimate of drug-likeness (QED) is 0.0988. The van der Waals surface area contributed by atoms with Gasteiger partial charge in [0.25, 0.3) is 0 Å². The molecule has 0 fully saturated rings. The third kappa shape index (κ3) is 11.4. The molecular weight excluding hydrogens is 543 g/mol. The number of rotatable bonds is 17. The Morgan fingerprint density at radius 3 is 1.32 bits per heavy atom. The average Bonchev–Trinajstić information content (AvgIpc) is 2.91. The van der Waals surface area contributed by atoms with E-state index < -0.39 is 0 Å². The summed E-state index contributed by atoms with van der Waals surface area (Å²) in [5.74, 6) is 0. The zero-order valence-electron chi connectivity index (χ0n) is 24.6. The van der Waals surface area contributed by atoms with E-state index in [2.05, 4.69) is 77.9 Å². The minimum absolute atomic E-state index is 0. The predicted molar refractivity (Wildman–Crippen MR) is 162 cm³/mol. The van der Waals surface area contributed by atoms with Crippen LogP contribution in [0.15, 0.2) is 46.4 Å². The van der Waals surface area contributed by atoms with Crippen LogP contribution in [0.3, 0.4) is 0 Å². The van der Waals surface area contributed by atoms with Crippen LogP contribution in [0.5, 0.6) is 0 Å². The molecular formula is C34H52N2Pd. The van der Waals surface area contributed by atoms with Crippen molar-refractivity contribution >= 4 is 22.8 Å². The minimum atomic E-state index is 0. The van der Waals surface area contributed by atoms with Gasteiger partial charge in [0, 0.05) is 20.4 Å². The zero-order valence-corrected chi connectivity index (χ0v) is 26.1. The summed E-state index contributed by atoms with van der Waals surface area (Å²) in [7, 11) is 0. The largest absolute Gasteiger partial charge is 0.252 e.